The minimum Gasteiger partial charge on any atom is -0.497 e. The van der Waals surface area contributed by atoms with Crippen molar-refractivity contribution in [1.82, 2.24) is 20.1 Å². The van der Waals surface area contributed by atoms with E-state index in [2.05, 4.69) is 21.6 Å². The van der Waals surface area contributed by atoms with Crippen LogP contribution in [0.4, 0.5) is 0 Å². The summed E-state index contributed by atoms with van der Waals surface area (Å²) in [7, 11) is 1.63. The fourth-order valence-electron chi connectivity index (χ4n) is 4.07. The van der Waals surface area contributed by atoms with E-state index in [0.29, 0.717) is 23.8 Å². The van der Waals surface area contributed by atoms with Gasteiger partial charge >= 0.3 is 0 Å². The van der Waals surface area contributed by atoms with Gasteiger partial charge in [-0.1, -0.05) is 48.7 Å². The average molecular weight is 462 g/mol. The summed E-state index contributed by atoms with van der Waals surface area (Å²) in [6.07, 6.45) is 4.46. The predicted octanol–water partition coefficient (Wildman–Crippen LogP) is 4.69. The summed E-state index contributed by atoms with van der Waals surface area (Å²) in [6.45, 7) is 2.04. The zero-order chi connectivity index (χ0) is 23.3. The first-order chi connectivity index (χ1) is 16.0. The van der Waals surface area contributed by atoms with E-state index in [1.807, 2.05) is 60.0 Å². The lowest BCUT2D eigenvalue weighted by atomic mass is 9.83. The second-order valence-corrected chi connectivity index (χ2v) is 9.24. The van der Waals surface area contributed by atoms with Crippen molar-refractivity contribution in [2.24, 2.45) is 0 Å². The van der Waals surface area contributed by atoms with Crippen molar-refractivity contribution in [3.05, 3.63) is 54.1 Å². The number of rotatable bonds is 7. The number of carbonyl (C=O) groups is 1. The normalized spacial score (nSPS) is 14.9. The standard InChI is InChI=1S/C25H27N5O2S/c1-18-6-10-20(11-7-18)30-23(19-8-12-21(32-2)13-9-19)28-29-24(30)33-16-22(31)27-25(17-26)14-4-3-5-15-25/h6-13H,3-5,14-16H2,1-2H3,(H,27,31). The molecule has 0 saturated heterocycles. The second kappa shape index (κ2) is 10.1. The maximum atomic E-state index is 12.7. The molecule has 1 aromatic heterocycles. The van der Waals surface area contributed by atoms with Gasteiger partial charge in [0.25, 0.3) is 0 Å². The largest absolute Gasteiger partial charge is 0.497 e. The molecule has 2 aromatic carbocycles. The summed E-state index contributed by atoms with van der Waals surface area (Å²) in [5, 5.41) is 22.1. The predicted molar refractivity (Wildman–Crippen MR) is 128 cm³/mol. The Hall–Kier alpha value is -3.31. The van der Waals surface area contributed by atoms with Gasteiger partial charge in [-0.15, -0.1) is 10.2 Å². The number of hydrogen-bond donors (Lipinski definition) is 1. The van der Waals surface area contributed by atoms with Crippen LogP contribution in [-0.4, -0.2) is 39.1 Å². The molecule has 0 atom stereocenters. The number of benzene rings is 2. The van der Waals surface area contributed by atoms with Crippen LogP contribution in [0, 0.1) is 18.3 Å². The molecule has 1 aliphatic carbocycles. The minimum atomic E-state index is -0.741. The number of thioether (sulfide) groups is 1. The highest BCUT2D eigenvalue weighted by atomic mass is 32.2. The molecule has 1 saturated carbocycles. The van der Waals surface area contributed by atoms with Crippen LogP contribution in [-0.2, 0) is 4.79 Å². The lowest BCUT2D eigenvalue weighted by molar-refractivity contribution is -0.120. The molecule has 4 rings (SSSR count). The number of carbonyl (C=O) groups excluding carboxylic acids is 1. The Bertz CT molecular complexity index is 1140. The maximum Gasteiger partial charge on any atom is 0.231 e. The first-order valence-electron chi connectivity index (χ1n) is 11.1. The molecule has 0 aliphatic heterocycles. The summed E-state index contributed by atoms with van der Waals surface area (Å²) in [4.78, 5) is 12.7. The van der Waals surface area contributed by atoms with Crippen molar-refractivity contribution in [2.75, 3.05) is 12.9 Å². The molecule has 1 amide bonds. The Morgan fingerprint density at radius 1 is 1.12 bits per heavy atom. The number of amides is 1. The number of methoxy groups -OCH3 is 1. The Morgan fingerprint density at radius 2 is 1.82 bits per heavy atom. The van der Waals surface area contributed by atoms with E-state index < -0.39 is 5.54 Å². The van der Waals surface area contributed by atoms with Crippen LogP contribution in [0.3, 0.4) is 0 Å². The lowest BCUT2D eigenvalue weighted by Crippen LogP contribution is -2.49. The van der Waals surface area contributed by atoms with Crippen molar-refractivity contribution in [2.45, 2.75) is 49.7 Å². The Balaban J connectivity index is 1.58. The molecule has 3 aromatic rings. The second-order valence-electron chi connectivity index (χ2n) is 8.30. The van der Waals surface area contributed by atoms with Gasteiger partial charge in [0.2, 0.25) is 5.91 Å². The molecular formula is C25H27N5O2S. The van der Waals surface area contributed by atoms with E-state index in [1.54, 1.807) is 7.11 Å². The summed E-state index contributed by atoms with van der Waals surface area (Å²) >= 11 is 1.32. The summed E-state index contributed by atoms with van der Waals surface area (Å²) < 4.78 is 7.23. The molecule has 7 nitrogen and oxygen atoms in total. The van der Waals surface area contributed by atoms with E-state index in [0.717, 1.165) is 41.8 Å². The molecule has 0 radical (unpaired) electrons. The first kappa shape index (κ1) is 22.9. The highest BCUT2D eigenvalue weighted by molar-refractivity contribution is 7.99. The molecule has 1 heterocycles. The van der Waals surface area contributed by atoms with Gasteiger partial charge in [-0.05, 0) is 56.2 Å². The number of aryl methyl sites for hydroxylation is 1. The Kier molecular flexibility index (Phi) is 6.99. The number of hydrogen-bond acceptors (Lipinski definition) is 6. The van der Waals surface area contributed by atoms with Gasteiger partial charge in [-0.25, -0.2) is 0 Å². The zero-order valence-electron chi connectivity index (χ0n) is 18.9. The Labute approximate surface area is 198 Å². The fraction of sp³-hybridized carbons (Fsp3) is 0.360. The van der Waals surface area contributed by atoms with Crippen LogP contribution >= 0.6 is 11.8 Å². The summed E-state index contributed by atoms with van der Waals surface area (Å²) in [6, 6.07) is 18.1. The molecular weight excluding hydrogens is 434 g/mol. The van der Waals surface area contributed by atoms with Crippen LogP contribution in [0.1, 0.15) is 37.7 Å². The van der Waals surface area contributed by atoms with Gasteiger partial charge in [0.05, 0.1) is 18.9 Å². The monoisotopic (exact) mass is 461 g/mol. The minimum absolute atomic E-state index is 0.159. The van der Waals surface area contributed by atoms with E-state index in [4.69, 9.17) is 4.74 Å². The van der Waals surface area contributed by atoms with Crippen molar-refractivity contribution < 1.29 is 9.53 Å². The number of nitrogens with zero attached hydrogens (tertiary/aromatic N) is 4. The third-order valence-electron chi connectivity index (χ3n) is 5.91. The smallest absolute Gasteiger partial charge is 0.231 e. The molecule has 0 spiro atoms. The lowest BCUT2D eigenvalue weighted by Gasteiger charge is -2.31. The highest BCUT2D eigenvalue weighted by Gasteiger charge is 2.33. The number of aromatic nitrogens is 3. The quantitative estimate of drug-likeness (QED) is 0.513. The van der Waals surface area contributed by atoms with Crippen LogP contribution in [0.5, 0.6) is 5.75 Å². The molecule has 0 bridgehead atoms. The highest BCUT2D eigenvalue weighted by Crippen LogP contribution is 2.30. The van der Waals surface area contributed by atoms with Crippen molar-refractivity contribution in [1.29, 1.82) is 5.26 Å². The number of nitrogens with one attached hydrogen (secondary N) is 1. The zero-order valence-corrected chi connectivity index (χ0v) is 19.7. The molecule has 1 aliphatic rings. The van der Waals surface area contributed by atoms with Gasteiger partial charge in [-0.3, -0.25) is 9.36 Å². The van der Waals surface area contributed by atoms with Gasteiger partial charge in [0.1, 0.15) is 11.3 Å². The van der Waals surface area contributed by atoms with E-state index in [1.165, 1.54) is 11.8 Å². The van der Waals surface area contributed by atoms with E-state index >= 15 is 0 Å². The van der Waals surface area contributed by atoms with Gasteiger partial charge in [0, 0.05) is 11.3 Å². The molecule has 1 N–H and O–H groups in total. The van der Waals surface area contributed by atoms with Crippen LogP contribution in [0.15, 0.2) is 53.7 Å². The summed E-state index contributed by atoms with van der Waals surface area (Å²) in [5.41, 5.74) is 2.22. The van der Waals surface area contributed by atoms with Crippen molar-refractivity contribution >= 4 is 17.7 Å². The molecule has 0 unspecified atom stereocenters. The van der Waals surface area contributed by atoms with Crippen LogP contribution in [0.2, 0.25) is 0 Å². The third-order valence-corrected chi connectivity index (χ3v) is 6.83. The molecule has 8 heteroatoms. The van der Waals surface area contributed by atoms with E-state index in [9.17, 15) is 10.1 Å². The molecule has 1 fully saturated rings. The topological polar surface area (TPSA) is 92.8 Å². The fourth-order valence-corrected chi connectivity index (χ4v) is 4.82. The van der Waals surface area contributed by atoms with Crippen molar-refractivity contribution in [3.8, 4) is 28.9 Å². The van der Waals surface area contributed by atoms with Gasteiger partial charge < -0.3 is 10.1 Å². The van der Waals surface area contributed by atoms with E-state index in [-0.39, 0.29) is 11.7 Å². The summed E-state index contributed by atoms with van der Waals surface area (Å²) in [5.74, 6) is 1.45. The van der Waals surface area contributed by atoms with Gasteiger partial charge in [0.15, 0.2) is 11.0 Å². The maximum absolute atomic E-state index is 12.7. The first-order valence-corrected chi connectivity index (χ1v) is 12.0. The van der Waals surface area contributed by atoms with Crippen molar-refractivity contribution in [3.63, 3.8) is 0 Å². The number of nitriles is 1. The Morgan fingerprint density at radius 3 is 2.45 bits per heavy atom. The average Bonchev–Trinajstić information content (AvgIpc) is 3.28. The SMILES string of the molecule is COc1ccc(-c2nnc(SCC(=O)NC3(C#N)CCCCC3)n2-c2ccc(C)cc2)cc1. The van der Waals surface area contributed by atoms with Crippen LogP contribution < -0.4 is 10.1 Å². The van der Waals surface area contributed by atoms with Gasteiger partial charge in [-0.2, -0.15) is 5.26 Å². The molecule has 170 valence electrons. The van der Waals surface area contributed by atoms with Crippen LogP contribution in [0.25, 0.3) is 17.1 Å². The third kappa shape index (κ3) is 5.20. The molecule has 33 heavy (non-hydrogen) atoms. The number of ether oxygens (including phenoxy) is 1.